The Hall–Kier alpha value is -4.35. The molecule has 5 aromatic rings. The van der Waals surface area contributed by atoms with Crippen molar-refractivity contribution in [3.63, 3.8) is 0 Å². The average Bonchev–Trinajstić information content (AvgIpc) is 3.43. The molecule has 0 amide bonds. The third-order valence-electron chi connectivity index (χ3n) is 7.92. The molecule has 0 saturated carbocycles. The van der Waals surface area contributed by atoms with E-state index in [1.54, 1.807) is 7.11 Å². The van der Waals surface area contributed by atoms with E-state index in [1.165, 1.54) is 16.8 Å². The van der Waals surface area contributed by atoms with E-state index in [4.69, 9.17) is 14.5 Å². The van der Waals surface area contributed by atoms with Crippen molar-refractivity contribution in [1.82, 2.24) is 14.5 Å². The number of benzene rings is 4. The number of hydrogen-bond donors (Lipinski definition) is 0. The van der Waals surface area contributed by atoms with Crippen molar-refractivity contribution in [2.24, 2.45) is 0 Å². The van der Waals surface area contributed by atoms with Crippen LogP contribution >= 0.6 is 0 Å². The lowest BCUT2D eigenvalue weighted by atomic mass is 10.1. The fourth-order valence-corrected chi connectivity index (χ4v) is 5.49. The molecule has 44 heavy (non-hydrogen) atoms. The predicted octanol–water partition coefficient (Wildman–Crippen LogP) is 9.41. The van der Waals surface area contributed by atoms with Crippen molar-refractivity contribution < 1.29 is 9.47 Å². The summed E-state index contributed by atoms with van der Waals surface area (Å²) < 4.78 is 13.8. The minimum atomic E-state index is 0.757. The van der Waals surface area contributed by atoms with Gasteiger partial charge in [0.25, 0.3) is 0 Å². The summed E-state index contributed by atoms with van der Waals surface area (Å²) in [5.41, 5.74) is 7.09. The lowest BCUT2D eigenvalue weighted by Crippen LogP contribution is -2.24. The Kier molecular flexibility index (Phi) is 11.3. The molecule has 0 fully saturated rings. The molecule has 0 spiro atoms. The van der Waals surface area contributed by atoms with E-state index >= 15 is 0 Å². The largest absolute Gasteiger partial charge is 0.497 e. The normalized spacial score (nSPS) is 11.2. The summed E-state index contributed by atoms with van der Waals surface area (Å²) in [5.74, 6) is 2.83. The molecule has 0 radical (unpaired) electrons. The second kappa shape index (κ2) is 15.9. The SMILES string of the molecule is CCCCOc1ccc(CN(Cc2ccc(OC)cc2)Cc2c(-c3ccccc3)nc(-c3ccccc3)n2CCCC)cc1. The average molecular weight is 588 g/mol. The van der Waals surface area contributed by atoms with Crippen molar-refractivity contribution >= 4 is 0 Å². The third kappa shape index (κ3) is 8.18. The van der Waals surface area contributed by atoms with Crippen molar-refractivity contribution in [3.05, 3.63) is 126 Å². The van der Waals surface area contributed by atoms with Gasteiger partial charge >= 0.3 is 0 Å². The highest BCUT2D eigenvalue weighted by Gasteiger charge is 2.22. The Morgan fingerprint density at radius 3 is 1.77 bits per heavy atom. The van der Waals surface area contributed by atoms with Gasteiger partial charge in [-0.2, -0.15) is 0 Å². The van der Waals surface area contributed by atoms with Gasteiger partial charge in [-0.25, -0.2) is 4.98 Å². The van der Waals surface area contributed by atoms with Crippen LogP contribution in [0.2, 0.25) is 0 Å². The van der Waals surface area contributed by atoms with Gasteiger partial charge < -0.3 is 14.0 Å². The number of hydrogen-bond acceptors (Lipinski definition) is 4. The van der Waals surface area contributed by atoms with Crippen molar-refractivity contribution in [3.8, 4) is 34.1 Å². The molecule has 5 nitrogen and oxygen atoms in total. The second-order valence-electron chi connectivity index (χ2n) is 11.3. The zero-order valence-corrected chi connectivity index (χ0v) is 26.4. The van der Waals surface area contributed by atoms with Crippen LogP contribution in [0.5, 0.6) is 11.5 Å². The third-order valence-corrected chi connectivity index (χ3v) is 7.92. The van der Waals surface area contributed by atoms with Crippen LogP contribution in [0.1, 0.15) is 56.4 Å². The van der Waals surface area contributed by atoms with E-state index in [1.807, 2.05) is 12.1 Å². The van der Waals surface area contributed by atoms with Crippen LogP contribution in [0.3, 0.4) is 0 Å². The highest BCUT2D eigenvalue weighted by Crippen LogP contribution is 2.32. The van der Waals surface area contributed by atoms with Crippen molar-refractivity contribution in [2.75, 3.05) is 13.7 Å². The lowest BCUT2D eigenvalue weighted by Gasteiger charge is -2.25. The van der Waals surface area contributed by atoms with E-state index in [-0.39, 0.29) is 0 Å². The molecular weight excluding hydrogens is 542 g/mol. The second-order valence-corrected chi connectivity index (χ2v) is 11.3. The number of methoxy groups -OCH3 is 1. The standard InChI is InChI=1S/C39H45N3O2/c1-4-6-26-42-37(38(33-14-10-8-11-15-33)40-39(42)34-16-12-9-13-17-34)30-41(28-31-18-22-35(43-3)23-19-31)29-32-20-24-36(25-21-32)44-27-7-5-2/h8-25H,4-7,26-30H2,1-3H3. The number of rotatable bonds is 16. The first-order chi connectivity index (χ1) is 21.7. The quantitative estimate of drug-likeness (QED) is 0.108. The minimum Gasteiger partial charge on any atom is -0.497 e. The van der Waals surface area contributed by atoms with Gasteiger partial charge in [-0.3, -0.25) is 4.90 Å². The van der Waals surface area contributed by atoms with Crippen LogP contribution in [-0.4, -0.2) is 28.2 Å². The molecule has 0 N–H and O–H groups in total. The molecule has 5 rings (SSSR count). The summed E-state index contributed by atoms with van der Waals surface area (Å²) in [4.78, 5) is 7.87. The highest BCUT2D eigenvalue weighted by molar-refractivity contribution is 5.68. The van der Waals surface area contributed by atoms with Gasteiger partial charge in [-0.1, -0.05) is 112 Å². The summed E-state index contributed by atoms with van der Waals surface area (Å²) >= 11 is 0. The molecule has 0 atom stereocenters. The van der Waals surface area contributed by atoms with Crippen LogP contribution < -0.4 is 9.47 Å². The lowest BCUT2D eigenvalue weighted by molar-refractivity contribution is 0.241. The number of imidazole rings is 1. The van der Waals surface area contributed by atoms with E-state index in [0.717, 1.165) is 92.6 Å². The van der Waals surface area contributed by atoms with Crippen LogP contribution in [0.4, 0.5) is 0 Å². The van der Waals surface area contributed by atoms with E-state index < -0.39 is 0 Å². The maximum Gasteiger partial charge on any atom is 0.140 e. The van der Waals surface area contributed by atoms with Crippen LogP contribution in [0.15, 0.2) is 109 Å². The molecule has 0 aliphatic carbocycles. The number of unbranched alkanes of at least 4 members (excludes halogenated alkanes) is 2. The summed E-state index contributed by atoms with van der Waals surface area (Å²) in [6.07, 6.45) is 4.41. The maximum atomic E-state index is 5.95. The van der Waals surface area contributed by atoms with Crippen LogP contribution in [0, 0.1) is 0 Å². The van der Waals surface area contributed by atoms with Gasteiger partial charge in [0.15, 0.2) is 0 Å². The monoisotopic (exact) mass is 587 g/mol. The summed E-state index contributed by atoms with van der Waals surface area (Å²) in [6, 6.07) is 38.3. The van der Waals surface area contributed by atoms with E-state index in [9.17, 15) is 0 Å². The molecule has 5 heteroatoms. The molecule has 1 aromatic heterocycles. The summed E-state index contributed by atoms with van der Waals surface area (Å²) in [5, 5.41) is 0. The molecular formula is C39H45N3O2. The van der Waals surface area contributed by atoms with E-state index in [2.05, 4.69) is 120 Å². The Morgan fingerprint density at radius 1 is 0.636 bits per heavy atom. The molecule has 0 aliphatic heterocycles. The minimum absolute atomic E-state index is 0.757. The molecule has 0 saturated heterocycles. The first-order valence-corrected chi connectivity index (χ1v) is 16.0. The summed E-state index contributed by atoms with van der Waals surface area (Å²) in [6.45, 7) is 8.48. The Balaban J connectivity index is 1.53. The predicted molar refractivity (Wildman–Crippen MR) is 181 cm³/mol. The Labute approximate surface area is 263 Å². The zero-order chi connectivity index (χ0) is 30.6. The highest BCUT2D eigenvalue weighted by atomic mass is 16.5. The Morgan fingerprint density at radius 2 is 1.20 bits per heavy atom. The van der Waals surface area contributed by atoms with Gasteiger partial charge in [0.05, 0.1) is 25.1 Å². The van der Waals surface area contributed by atoms with Gasteiger partial charge in [0.1, 0.15) is 17.3 Å². The molecule has 0 aliphatic rings. The van der Waals surface area contributed by atoms with Gasteiger partial charge in [-0.15, -0.1) is 0 Å². The first-order valence-electron chi connectivity index (χ1n) is 16.0. The zero-order valence-electron chi connectivity index (χ0n) is 26.4. The van der Waals surface area contributed by atoms with Gasteiger partial charge in [0, 0.05) is 37.3 Å². The molecule has 4 aromatic carbocycles. The van der Waals surface area contributed by atoms with Crippen molar-refractivity contribution in [1.29, 1.82) is 0 Å². The molecule has 0 unspecified atom stereocenters. The topological polar surface area (TPSA) is 39.5 Å². The van der Waals surface area contributed by atoms with Crippen LogP contribution in [-0.2, 0) is 26.2 Å². The molecule has 1 heterocycles. The molecule has 0 bridgehead atoms. The van der Waals surface area contributed by atoms with Crippen LogP contribution in [0.25, 0.3) is 22.6 Å². The smallest absolute Gasteiger partial charge is 0.140 e. The molecule has 228 valence electrons. The maximum absolute atomic E-state index is 5.95. The number of aromatic nitrogens is 2. The number of nitrogens with zero attached hydrogens (tertiary/aromatic N) is 3. The fourth-order valence-electron chi connectivity index (χ4n) is 5.49. The van der Waals surface area contributed by atoms with Gasteiger partial charge in [0.2, 0.25) is 0 Å². The first kappa shape index (κ1) is 31.1. The van der Waals surface area contributed by atoms with Crippen molar-refractivity contribution in [2.45, 2.75) is 65.7 Å². The van der Waals surface area contributed by atoms with E-state index in [0.29, 0.717) is 0 Å². The number of ether oxygens (including phenoxy) is 2. The fraction of sp³-hybridized carbons (Fsp3) is 0.308. The summed E-state index contributed by atoms with van der Waals surface area (Å²) in [7, 11) is 1.71. The van der Waals surface area contributed by atoms with Gasteiger partial charge in [-0.05, 0) is 48.2 Å². The Bertz CT molecular complexity index is 1550.